The van der Waals surface area contributed by atoms with E-state index in [4.69, 9.17) is 0 Å². The molecule has 1 aliphatic rings. The normalized spacial score (nSPS) is 15.7. The number of thioether (sulfide) groups is 1. The third kappa shape index (κ3) is 4.56. The van der Waals surface area contributed by atoms with Gasteiger partial charge in [0.1, 0.15) is 11.1 Å². The monoisotopic (exact) mass is 471 g/mol. The first-order valence-electron chi connectivity index (χ1n) is 10.3. The summed E-state index contributed by atoms with van der Waals surface area (Å²) in [6, 6.07) is 4.59. The van der Waals surface area contributed by atoms with Crippen LogP contribution in [0.2, 0.25) is 0 Å². The van der Waals surface area contributed by atoms with Gasteiger partial charge in [0.15, 0.2) is 11.0 Å². The Labute approximate surface area is 194 Å². The molecule has 3 heterocycles. The molecule has 6 nitrogen and oxygen atoms in total. The molecule has 1 atom stereocenters. The maximum Gasteiger partial charge on any atom is 0.235 e. The zero-order valence-electron chi connectivity index (χ0n) is 18.1. The summed E-state index contributed by atoms with van der Waals surface area (Å²) in [5, 5.41) is 24.8. The molecule has 0 saturated carbocycles. The fourth-order valence-corrected chi connectivity index (χ4v) is 6.77. The van der Waals surface area contributed by atoms with Crippen LogP contribution in [0.5, 0.6) is 0 Å². The van der Waals surface area contributed by atoms with Gasteiger partial charge in [-0.25, -0.2) is 0 Å². The van der Waals surface area contributed by atoms with Crippen LogP contribution in [0.1, 0.15) is 54.1 Å². The van der Waals surface area contributed by atoms with E-state index in [1.807, 2.05) is 0 Å². The number of nitrogens with zero attached hydrogens (tertiary/aromatic N) is 4. The van der Waals surface area contributed by atoms with Crippen molar-refractivity contribution >= 4 is 45.3 Å². The van der Waals surface area contributed by atoms with Crippen LogP contribution < -0.4 is 5.32 Å². The molecule has 9 heteroatoms. The van der Waals surface area contributed by atoms with Crippen molar-refractivity contribution in [1.82, 2.24) is 14.8 Å². The molecule has 0 spiro atoms. The molecular formula is C22H25N5OS3. The maximum atomic E-state index is 12.7. The number of anilines is 1. The number of thiophene rings is 2. The highest BCUT2D eigenvalue weighted by atomic mass is 32.2. The Morgan fingerprint density at radius 3 is 2.94 bits per heavy atom. The summed E-state index contributed by atoms with van der Waals surface area (Å²) in [6.45, 7) is 8.49. The Bertz CT molecular complexity index is 1150. The molecule has 3 aromatic heterocycles. The van der Waals surface area contributed by atoms with Gasteiger partial charge in [-0.3, -0.25) is 9.36 Å². The summed E-state index contributed by atoms with van der Waals surface area (Å²) in [4.78, 5) is 15.2. The van der Waals surface area contributed by atoms with Crippen molar-refractivity contribution in [3.8, 4) is 17.5 Å². The first-order valence-corrected chi connectivity index (χ1v) is 13.0. The maximum absolute atomic E-state index is 12.7. The molecule has 1 aliphatic carbocycles. The Kier molecular flexibility index (Phi) is 6.51. The van der Waals surface area contributed by atoms with E-state index in [-0.39, 0.29) is 17.7 Å². The predicted octanol–water partition coefficient (Wildman–Crippen LogP) is 5.68. The molecule has 0 fully saturated rings. The molecule has 0 saturated heterocycles. The number of nitrogens with one attached hydrogen (secondary N) is 1. The number of nitriles is 1. The molecule has 0 bridgehead atoms. The van der Waals surface area contributed by atoms with E-state index in [0.29, 0.717) is 16.5 Å². The second-order valence-electron chi connectivity index (χ2n) is 8.22. The molecule has 162 valence electrons. The number of aromatic nitrogens is 3. The van der Waals surface area contributed by atoms with Crippen molar-refractivity contribution in [2.24, 2.45) is 5.92 Å². The number of carbonyl (C=O) groups is 1. The second kappa shape index (κ2) is 9.15. The molecule has 1 amide bonds. The lowest BCUT2D eigenvalue weighted by Gasteiger charge is -2.17. The summed E-state index contributed by atoms with van der Waals surface area (Å²) in [7, 11) is 0. The highest BCUT2D eigenvalue weighted by molar-refractivity contribution is 7.99. The number of aryl methyl sites for hydroxylation is 1. The average Bonchev–Trinajstić information content (AvgIpc) is 3.41. The minimum absolute atomic E-state index is 0.126. The fourth-order valence-electron chi connectivity index (χ4n) is 3.85. The predicted molar refractivity (Wildman–Crippen MR) is 128 cm³/mol. The summed E-state index contributed by atoms with van der Waals surface area (Å²) in [5.74, 6) is 1.55. The summed E-state index contributed by atoms with van der Waals surface area (Å²) in [6.07, 6.45) is 3.00. The number of amides is 1. The van der Waals surface area contributed by atoms with Crippen LogP contribution in [0.4, 0.5) is 5.00 Å². The first-order chi connectivity index (χ1) is 14.9. The number of hydrogen-bond donors (Lipinski definition) is 1. The summed E-state index contributed by atoms with van der Waals surface area (Å²) >= 11 is 4.62. The smallest absolute Gasteiger partial charge is 0.235 e. The van der Waals surface area contributed by atoms with Crippen LogP contribution in [-0.2, 0) is 17.6 Å². The first kappa shape index (κ1) is 22.1. The molecule has 3 aromatic rings. The van der Waals surface area contributed by atoms with Gasteiger partial charge < -0.3 is 5.32 Å². The van der Waals surface area contributed by atoms with Crippen LogP contribution in [0.25, 0.3) is 11.4 Å². The minimum atomic E-state index is -0.126. The van der Waals surface area contributed by atoms with Gasteiger partial charge in [0.25, 0.3) is 0 Å². The van der Waals surface area contributed by atoms with Crippen molar-refractivity contribution in [2.45, 2.75) is 58.2 Å². The van der Waals surface area contributed by atoms with E-state index in [1.54, 1.807) is 22.7 Å². The van der Waals surface area contributed by atoms with Crippen molar-refractivity contribution in [1.29, 1.82) is 5.26 Å². The van der Waals surface area contributed by atoms with Crippen LogP contribution in [-0.4, -0.2) is 26.4 Å². The van der Waals surface area contributed by atoms with Gasteiger partial charge in [0.05, 0.1) is 11.3 Å². The quantitative estimate of drug-likeness (QED) is 0.467. The molecule has 31 heavy (non-hydrogen) atoms. The van der Waals surface area contributed by atoms with Gasteiger partial charge in [-0.2, -0.15) is 5.26 Å². The number of rotatable bonds is 6. The Morgan fingerprint density at radius 2 is 2.26 bits per heavy atom. The van der Waals surface area contributed by atoms with Crippen LogP contribution >= 0.6 is 34.4 Å². The van der Waals surface area contributed by atoms with E-state index in [2.05, 4.69) is 65.3 Å². The van der Waals surface area contributed by atoms with Gasteiger partial charge in [-0.15, -0.1) is 32.9 Å². The topological polar surface area (TPSA) is 83.6 Å². The van der Waals surface area contributed by atoms with Crippen molar-refractivity contribution in [3.05, 3.63) is 32.3 Å². The van der Waals surface area contributed by atoms with Crippen molar-refractivity contribution < 1.29 is 4.79 Å². The highest BCUT2D eigenvalue weighted by Gasteiger charge is 2.25. The molecule has 0 aliphatic heterocycles. The highest BCUT2D eigenvalue weighted by Crippen LogP contribution is 2.39. The lowest BCUT2D eigenvalue weighted by Crippen LogP contribution is -2.15. The Balaban J connectivity index is 1.48. The Morgan fingerprint density at radius 1 is 1.45 bits per heavy atom. The van der Waals surface area contributed by atoms with Crippen LogP contribution in [0.15, 0.2) is 16.6 Å². The van der Waals surface area contributed by atoms with Crippen molar-refractivity contribution in [2.75, 3.05) is 11.1 Å². The van der Waals surface area contributed by atoms with Gasteiger partial charge >= 0.3 is 0 Å². The number of carbonyl (C=O) groups excluding carboxylic acids is 1. The lowest BCUT2D eigenvalue weighted by molar-refractivity contribution is -0.113. The van der Waals surface area contributed by atoms with Gasteiger partial charge in [0, 0.05) is 26.7 Å². The zero-order chi connectivity index (χ0) is 22.1. The molecule has 1 N–H and O–H groups in total. The van der Waals surface area contributed by atoms with Crippen LogP contribution in [0, 0.1) is 24.2 Å². The second-order valence-corrected chi connectivity index (χ2v) is 11.4. The van der Waals surface area contributed by atoms with E-state index in [9.17, 15) is 10.1 Å². The average molecular weight is 472 g/mol. The summed E-state index contributed by atoms with van der Waals surface area (Å²) < 4.78 is 2.07. The van der Waals surface area contributed by atoms with E-state index in [1.165, 1.54) is 21.5 Å². The third-order valence-corrected chi connectivity index (χ3v) is 8.35. The lowest BCUT2D eigenvalue weighted by atomic mass is 9.89. The molecule has 1 unspecified atom stereocenters. The third-order valence-electron chi connectivity index (χ3n) is 5.38. The van der Waals surface area contributed by atoms with Crippen LogP contribution in [0.3, 0.4) is 0 Å². The zero-order valence-corrected chi connectivity index (χ0v) is 20.5. The van der Waals surface area contributed by atoms with E-state index < -0.39 is 0 Å². The largest absolute Gasteiger partial charge is 0.316 e. The Hall–Kier alpha value is -2.15. The molecule has 4 rings (SSSR count). The summed E-state index contributed by atoms with van der Waals surface area (Å²) in [5.41, 5.74) is 2.83. The standard InChI is InChI=1S/C22H25N5OS3/c1-12(2)27-20(15-8-14(4)29-10-15)25-26-22(27)30-11-19(28)24-21-17(9-23)16-6-5-13(3)7-18(16)31-21/h8,10,12-13H,5-7,11H2,1-4H3,(H,24,28). The van der Waals surface area contributed by atoms with Gasteiger partial charge in [-0.05, 0) is 57.6 Å². The molecular weight excluding hydrogens is 446 g/mol. The van der Waals surface area contributed by atoms with E-state index >= 15 is 0 Å². The SMILES string of the molecule is Cc1cc(-c2nnc(SCC(=O)Nc3sc4c(c3C#N)CCC(C)C4)n2C(C)C)cs1. The molecule has 0 radical (unpaired) electrons. The molecule has 0 aromatic carbocycles. The van der Waals surface area contributed by atoms with Crippen molar-refractivity contribution in [3.63, 3.8) is 0 Å². The number of fused-ring (bicyclic) bond motifs is 1. The minimum Gasteiger partial charge on any atom is -0.316 e. The fraction of sp³-hybridized carbons (Fsp3) is 0.455. The van der Waals surface area contributed by atoms with Gasteiger partial charge in [-0.1, -0.05) is 18.7 Å². The van der Waals surface area contributed by atoms with Gasteiger partial charge in [0.2, 0.25) is 5.91 Å². The van der Waals surface area contributed by atoms with E-state index in [0.717, 1.165) is 41.4 Å². The number of hydrogen-bond acceptors (Lipinski definition) is 7.